The van der Waals surface area contributed by atoms with Gasteiger partial charge in [-0.3, -0.25) is 9.59 Å². The summed E-state index contributed by atoms with van der Waals surface area (Å²) in [5.41, 5.74) is 0.775. The van der Waals surface area contributed by atoms with E-state index in [0.717, 1.165) is 0 Å². The summed E-state index contributed by atoms with van der Waals surface area (Å²) >= 11 is 0. The Kier molecular flexibility index (Phi) is 4.17. The van der Waals surface area contributed by atoms with Gasteiger partial charge in [0.2, 0.25) is 0 Å². The standard InChI is InChI=1S/C12H13FO3/c1-8-3-4-9(7-10(8)13)11(14)5-6-12(15)16-2/h3-4,7H,5-6H2,1-2H3. The molecule has 0 aliphatic heterocycles. The van der Waals surface area contributed by atoms with E-state index in [1.807, 2.05) is 0 Å². The van der Waals surface area contributed by atoms with Crippen molar-refractivity contribution in [3.8, 4) is 0 Å². The minimum Gasteiger partial charge on any atom is -0.469 e. The van der Waals surface area contributed by atoms with Crippen molar-refractivity contribution in [3.63, 3.8) is 0 Å². The van der Waals surface area contributed by atoms with Gasteiger partial charge in [-0.2, -0.15) is 0 Å². The quantitative estimate of drug-likeness (QED) is 0.582. The molecule has 0 saturated carbocycles. The van der Waals surface area contributed by atoms with Crippen LogP contribution in [0.5, 0.6) is 0 Å². The topological polar surface area (TPSA) is 43.4 Å². The van der Waals surface area contributed by atoms with Crippen molar-refractivity contribution < 1.29 is 18.7 Å². The normalized spacial score (nSPS) is 9.94. The molecular formula is C12H13FO3. The van der Waals surface area contributed by atoms with E-state index in [2.05, 4.69) is 4.74 Å². The Hall–Kier alpha value is -1.71. The zero-order chi connectivity index (χ0) is 12.1. The predicted octanol–water partition coefficient (Wildman–Crippen LogP) is 2.27. The Morgan fingerprint density at radius 3 is 2.56 bits per heavy atom. The Balaban J connectivity index is 2.66. The van der Waals surface area contributed by atoms with Crippen LogP contribution in [0.2, 0.25) is 0 Å². The van der Waals surface area contributed by atoms with Crippen LogP contribution in [-0.2, 0) is 9.53 Å². The number of ether oxygens (including phenoxy) is 1. The number of methoxy groups -OCH3 is 1. The molecule has 0 unspecified atom stereocenters. The number of hydrogen-bond acceptors (Lipinski definition) is 3. The summed E-state index contributed by atoms with van der Waals surface area (Å²) in [5.74, 6) is -1.12. The third kappa shape index (κ3) is 3.15. The van der Waals surface area contributed by atoms with Crippen LogP contribution in [0, 0.1) is 12.7 Å². The summed E-state index contributed by atoms with van der Waals surface area (Å²) in [5, 5.41) is 0. The molecule has 0 bridgehead atoms. The van der Waals surface area contributed by atoms with Crippen LogP contribution in [0.4, 0.5) is 4.39 Å². The molecule has 0 radical (unpaired) electrons. The number of halogens is 1. The van der Waals surface area contributed by atoms with E-state index in [9.17, 15) is 14.0 Å². The van der Waals surface area contributed by atoms with Gasteiger partial charge in [0.25, 0.3) is 0 Å². The van der Waals surface area contributed by atoms with Gasteiger partial charge < -0.3 is 4.74 Å². The first-order valence-corrected chi connectivity index (χ1v) is 4.90. The number of carbonyl (C=O) groups is 2. The average Bonchev–Trinajstić information content (AvgIpc) is 2.29. The number of rotatable bonds is 4. The molecule has 0 atom stereocenters. The van der Waals surface area contributed by atoms with Crippen molar-refractivity contribution in [2.45, 2.75) is 19.8 Å². The molecule has 4 heteroatoms. The fraction of sp³-hybridized carbons (Fsp3) is 0.333. The van der Waals surface area contributed by atoms with E-state index < -0.39 is 11.8 Å². The number of carbonyl (C=O) groups excluding carboxylic acids is 2. The molecule has 0 spiro atoms. The largest absolute Gasteiger partial charge is 0.469 e. The zero-order valence-corrected chi connectivity index (χ0v) is 9.25. The highest BCUT2D eigenvalue weighted by Crippen LogP contribution is 2.12. The van der Waals surface area contributed by atoms with Gasteiger partial charge in [-0.1, -0.05) is 12.1 Å². The average molecular weight is 224 g/mol. The van der Waals surface area contributed by atoms with Crippen LogP contribution in [0.25, 0.3) is 0 Å². The van der Waals surface area contributed by atoms with Gasteiger partial charge in [0, 0.05) is 12.0 Å². The summed E-state index contributed by atoms with van der Waals surface area (Å²) < 4.78 is 17.6. The minimum atomic E-state index is -0.444. The summed E-state index contributed by atoms with van der Waals surface area (Å²) in [6.45, 7) is 1.62. The first-order valence-electron chi connectivity index (χ1n) is 4.90. The van der Waals surface area contributed by atoms with Crippen LogP contribution in [0.1, 0.15) is 28.8 Å². The lowest BCUT2D eigenvalue weighted by Crippen LogP contribution is -2.06. The maximum Gasteiger partial charge on any atom is 0.305 e. The van der Waals surface area contributed by atoms with E-state index >= 15 is 0 Å². The predicted molar refractivity (Wildman–Crippen MR) is 56.7 cm³/mol. The summed E-state index contributed by atoms with van der Waals surface area (Å²) in [6, 6.07) is 4.29. The molecule has 1 aromatic rings. The molecule has 86 valence electrons. The second-order valence-corrected chi connectivity index (χ2v) is 3.46. The Morgan fingerprint density at radius 1 is 1.31 bits per heavy atom. The minimum absolute atomic E-state index is 0.0187. The molecule has 16 heavy (non-hydrogen) atoms. The van der Waals surface area contributed by atoms with Gasteiger partial charge in [-0.15, -0.1) is 0 Å². The molecule has 0 fully saturated rings. The molecule has 0 heterocycles. The molecule has 1 rings (SSSR count). The second-order valence-electron chi connectivity index (χ2n) is 3.46. The van der Waals surface area contributed by atoms with Crippen LogP contribution in [-0.4, -0.2) is 18.9 Å². The lowest BCUT2D eigenvalue weighted by atomic mass is 10.0. The first-order chi connectivity index (χ1) is 7.54. The van der Waals surface area contributed by atoms with Gasteiger partial charge in [0.1, 0.15) is 5.82 Å². The lowest BCUT2D eigenvalue weighted by Gasteiger charge is -2.02. The van der Waals surface area contributed by atoms with Crippen molar-refractivity contribution in [3.05, 3.63) is 35.1 Å². The van der Waals surface area contributed by atoms with Crippen molar-refractivity contribution in [2.24, 2.45) is 0 Å². The molecule has 0 N–H and O–H groups in total. The van der Waals surface area contributed by atoms with Crippen molar-refractivity contribution in [2.75, 3.05) is 7.11 Å². The third-order valence-electron chi connectivity index (χ3n) is 2.28. The Morgan fingerprint density at radius 2 is 2.00 bits per heavy atom. The van der Waals surface area contributed by atoms with Crippen molar-refractivity contribution in [1.29, 1.82) is 0 Å². The van der Waals surface area contributed by atoms with E-state index in [0.29, 0.717) is 5.56 Å². The maximum absolute atomic E-state index is 13.2. The van der Waals surface area contributed by atoms with Crippen LogP contribution in [0.3, 0.4) is 0 Å². The van der Waals surface area contributed by atoms with Crippen molar-refractivity contribution >= 4 is 11.8 Å². The highest BCUT2D eigenvalue weighted by molar-refractivity contribution is 5.97. The number of aryl methyl sites for hydroxylation is 1. The third-order valence-corrected chi connectivity index (χ3v) is 2.28. The zero-order valence-electron chi connectivity index (χ0n) is 9.25. The monoisotopic (exact) mass is 224 g/mol. The summed E-state index contributed by atoms with van der Waals surface area (Å²) in [7, 11) is 1.26. The SMILES string of the molecule is COC(=O)CCC(=O)c1ccc(C)c(F)c1. The van der Waals surface area contributed by atoms with Crippen molar-refractivity contribution in [1.82, 2.24) is 0 Å². The summed E-state index contributed by atoms with van der Waals surface area (Å²) in [6.07, 6.45) is 0.0556. The van der Waals surface area contributed by atoms with Gasteiger partial charge >= 0.3 is 5.97 Å². The van der Waals surface area contributed by atoms with Gasteiger partial charge in [-0.25, -0.2) is 4.39 Å². The number of Topliss-reactive ketones (excluding diaryl/α,β-unsaturated/α-hetero) is 1. The maximum atomic E-state index is 13.2. The number of ketones is 1. The van der Waals surface area contributed by atoms with E-state index in [1.165, 1.54) is 13.2 Å². The fourth-order valence-electron chi connectivity index (χ4n) is 1.23. The van der Waals surface area contributed by atoms with Gasteiger partial charge in [-0.05, 0) is 18.6 Å². The molecule has 1 aromatic carbocycles. The number of benzene rings is 1. The molecular weight excluding hydrogens is 211 g/mol. The van der Waals surface area contributed by atoms with Gasteiger partial charge in [0.05, 0.1) is 13.5 Å². The highest BCUT2D eigenvalue weighted by Gasteiger charge is 2.10. The number of hydrogen-bond donors (Lipinski definition) is 0. The summed E-state index contributed by atoms with van der Waals surface area (Å²) in [4.78, 5) is 22.4. The molecule has 0 amide bonds. The molecule has 0 aromatic heterocycles. The van der Waals surface area contributed by atoms with E-state index in [4.69, 9.17) is 0 Å². The number of esters is 1. The smallest absolute Gasteiger partial charge is 0.305 e. The first kappa shape index (κ1) is 12.4. The van der Waals surface area contributed by atoms with Crippen LogP contribution < -0.4 is 0 Å². The van der Waals surface area contributed by atoms with Crippen LogP contribution >= 0.6 is 0 Å². The highest BCUT2D eigenvalue weighted by atomic mass is 19.1. The molecule has 0 aliphatic rings. The Labute approximate surface area is 93.2 Å². The van der Waals surface area contributed by atoms with E-state index in [-0.39, 0.29) is 24.2 Å². The Bertz CT molecular complexity index is 413. The van der Waals surface area contributed by atoms with E-state index in [1.54, 1.807) is 19.1 Å². The second kappa shape index (κ2) is 5.39. The lowest BCUT2D eigenvalue weighted by molar-refractivity contribution is -0.140. The molecule has 3 nitrogen and oxygen atoms in total. The fourth-order valence-corrected chi connectivity index (χ4v) is 1.23. The molecule has 0 saturated heterocycles. The van der Waals surface area contributed by atoms with Gasteiger partial charge in [0.15, 0.2) is 5.78 Å². The molecule has 0 aliphatic carbocycles. The van der Waals surface area contributed by atoms with Crippen LogP contribution in [0.15, 0.2) is 18.2 Å².